The number of aromatic nitrogens is 1. The number of carbonyl (C=O) groups is 1. The minimum absolute atomic E-state index is 0.0164. The van der Waals surface area contributed by atoms with Gasteiger partial charge in [-0.3, -0.25) is 9.78 Å². The summed E-state index contributed by atoms with van der Waals surface area (Å²) in [6.45, 7) is 4.70. The van der Waals surface area contributed by atoms with Gasteiger partial charge in [0.1, 0.15) is 0 Å². The highest BCUT2D eigenvalue weighted by Crippen LogP contribution is 2.30. The summed E-state index contributed by atoms with van der Waals surface area (Å²) < 4.78 is 0. The fraction of sp³-hybridized carbons (Fsp3) is 0.429. The molecule has 0 aromatic carbocycles. The molecular formula is C14H18N2O. The van der Waals surface area contributed by atoms with Crippen molar-refractivity contribution in [2.75, 3.05) is 13.1 Å². The van der Waals surface area contributed by atoms with Gasteiger partial charge in [-0.2, -0.15) is 0 Å². The number of hydrogen-bond donors (Lipinski definition) is 1. The highest BCUT2D eigenvalue weighted by atomic mass is 16.1. The molecule has 1 aromatic heterocycles. The Labute approximate surface area is 102 Å². The minimum Gasteiger partial charge on any atom is -0.307 e. The van der Waals surface area contributed by atoms with Crippen molar-refractivity contribution in [2.24, 2.45) is 0 Å². The molecule has 3 nitrogen and oxygen atoms in total. The zero-order valence-electron chi connectivity index (χ0n) is 9.98. The topological polar surface area (TPSA) is 42.0 Å². The summed E-state index contributed by atoms with van der Waals surface area (Å²) in [5.74, 6) is 0.226. The molecule has 0 saturated carbocycles. The molecule has 1 heterocycles. The molecule has 17 heavy (non-hydrogen) atoms. The van der Waals surface area contributed by atoms with Gasteiger partial charge in [0.2, 0.25) is 0 Å². The molecule has 1 aliphatic carbocycles. The van der Waals surface area contributed by atoms with Crippen LogP contribution in [-0.2, 0) is 11.2 Å². The number of ketones is 1. The summed E-state index contributed by atoms with van der Waals surface area (Å²) in [4.78, 5) is 16.5. The molecule has 0 amide bonds. The molecule has 2 rings (SSSR count). The average Bonchev–Trinajstić information content (AvgIpc) is 2.38. The van der Waals surface area contributed by atoms with Gasteiger partial charge in [0.15, 0.2) is 5.78 Å². The van der Waals surface area contributed by atoms with E-state index in [0.29, 0.717) is 13.1 Å². The van der Waals surface area contributed by atoms with E-state index in [-0.39, 0.29) is 11.7 Å². The van der Waals surface area contributed by atoms with E-state index in [9.17, 15) is 4.79 Å². The number of hydrogen-bond acceptors (Lipinski definition) is 3. The number of pyridine rings is 1. The van der Waals surface area contributed by atoms with Crippen LogP contribution in [0.4, 0.5) is 0 Å². The van der Waals surface area contributed by atoms with Crippen LogP contribution < -0.4 is 5.32 Å². The Morgan fingerprint density at radius 3 is 3.35 bits per heavy atom. The van der Waals surface area contributed by atoms with Crippen LogP contribution in [0.25, 0.3) is 0 Å². The van der Waals surface area contributed by atoms with Crippen LogP contribution in [-0.4, -0.2) is 23.9 Å². The Bertz CT molecular complexity index is 414. The maximum Gasteiger partial charge on any atom is 0.155 e. The molecule has 0 bridgehead atoms. The quantitative estimate of drug-likeness (QED) is 0.620. The fourth-order valence-electron chi connectivity index (χ4n) is 2.34. The predicted octanol–water partition coefficient (Wildman–Crippen LogP) is 1.85. The number of nitrogens with zero attached hydrogens (tertiary/aromatic N) is 1. The third-order valence-corrected chi connectivity index (χ3v) is 3.17. The number of Topliss-reactive ketones (excluding diaryl/α,β-unsaturated/α-hetero) is 1. The number of fused-ring (bicyclic) bond motifs is 1. The van der Waals surface area contributed by atoms with Crippen molar-refractivity contribution in [3.8, 4) is 0 Å². The van der Waals surface area contributed by atoms with E-state index in [0.717, 1.165) is 25.0 Å². The van der Waals surface area contributed by atoms with E-state index in [1.165, 1.54) is 5.56 Å². The third-order valence-electron chi connectivity index (χ3n) is 3.17. The summed E-state index contributed by atoms with van der Waals surface area (Å²) in [5.41, 5.74) is 2.23. The van der Waals surface area contributed by atoms with Crippen molar-refractivity contribution in [2.45, 2.75) is 25.2 Å². The maximum absolute atomic E-state index is 12.1. The Kier molecular flexibility index (Phi) is 4.04. The second-order valence-electron chi connectivity index (χ2n) is 4.38. The van der Waals surface area contributed by atoms with Crippen molar-refractivity contribution in [1.29, 1.82) is 0 Å². The van der Waals surface area contributed by atoms with E-state index in [1.807, 2.05) is 6.07 Å². The lowest BCUT2D eigenvalue weighted by atomic mass is 9.84. The van der Waals surface area contributed by atoms with Crippen molar-refractivity contribution < 1.29 is 4.79 Å². The Morgan fingerprint density at radius 1 is 1.65 bits per heavy atom. The lowest BCUT2D eigenvalue weighted by Gasteiger charge is -2.23. The number of carbonyl (C=O) groups excluding carboxylic acids is 1. The molecule has 1 unspecified atom stereocenters. The van der Waals surface area contributed by atoms with Crippen LogP contribution in [0.15, 0.2) is 31.0 Å². The number of aryl methyl sites for hydroxylation is 1. The van der Waals surface area contributed by atoms with Crippen LogP contribution in [0.2, 0.25) is 0 Å². The van der Waals surface area contributed by atoms with Gasteiger partial charge in [-0.1, -0.05) is 12.1 Å². The first-order valence-electron chi connectivity index (χ1n) is 6.11. The Hall–Kier alpha value is -1.48. The van der Waals surface area contributed by atoms with Crippen molar-refractivity contribution in [1.82, 2.24) is 10.3 Å². The number of nitrogens with one attached hydrogen (secondary N) is 1. The summed E-state index contributed by atoms with van der Waals surface area (Å²) in [7, 11) is 0. The zero-order valence-corrected chi connectivity index (χ0v) is 9.98. The van der Waals surface area contributed by atoms with Gasteiger partial charge in [-0.05, 0) is 30.9 Å². The van der Waals surface area contributed by atoms with Gasteiger partial charge < -0.3 is 5.32 Å². The first kappa shape index (κ1) is 12.0. The summed E-state index contributed by atoms with van der Waals surface area (Å²) in [5, 5.41) is 3.07. The Balaban J connectivity index is 2.07. The van der Waals surface area contributed by atoms with Gasteiger partial charge in [-0.25, -0.2) is 0 Å². The van der Waals surface area contributed by atoms with E-state index < -0.39 is 0 Å². The molecule has 1 aliphatic rings. The summed E-state index contributed by atoms with van der Waals surface area (Å²) >= 11 is 0. The fourth-order valence-corrected chi connectivity index (χ4v) is 2.34. The van der Waals surface area contributed by atoms with Crippen molar-refractivity contribution in [3.63, 3.8) is 0 Å². The standard InChI is InChI=1S/C14H18N2O/c1-2-8-15-10-13(17)12-7-3-5-11-6-4-9-16-14(11)12/h2,4,6,9,12,15H,1,3,5,7-8,10H2. The lowest BCUT2D eigenvalue weighted by Crippen LogP contribution is -2.29. The minimum atomic E-state index is -0.0164. The molecular weight excluding hydrogens is 212 g/mol. The molecule has 90 valence electrons. The highest BCUT2D eigenvalue weighted by Gasteiger charge is 2.26. The van der Waals surface area contributed by atoms with Crippen molar-refractivity contribution >= 4 is 5.78 Å². The van der Waals surface area contributed by atoms with Gasteiger partial charge in [0.25, 0.3) is 0 Å². The second-order valence-corrected chi connectivity index (χ2v) is 4.38. The first-order chi connectivity index (χ1) is 8.33. The predicted molar refractivity (Wildman–Crippen MR) is 68.0 cm³/mol. The normalized spacial score (nSPS) is 18.5. The number of rotatable bonds is 5. The van der Waals surface area contributed by atoms with Crippen LogP contribution in [0.3, 0.4) is 0 Å². The van der Waals surface area contributed by atoms with Gasteiger partial charge >= 0.3 is 0 Å². The molecule has 1 aromatic rings. The van der Waals surface area contributed by atoms with Gasteiger partial charge in [-0.15, -0.1) is 6.58 Å². The first-order valence-corrected chi connectivity index (χ1v) is 6.11. The summed E-state index contributed by atoms with van der Waals surface area (Å²) in [6, 6.07) is 4.03. The SMILES string of the molecule is C=CCNCC(=O)C1CCCc2cccnc21. The monoisotopic (exact) mass is 230 g/mol. The van der Waals surface area contributed by atoms with E-state index in [2.05, 4.69) is 22.9 Å². The molecule has 0 spiro atoms. The van der Waals surface area contributed by atoms with Gasteiger partial charge in [0, 0.05) is 12.7 Å². The van der Waals surface area contributed by atoms with Crippen LogP contribution in [0, 0.1) is 0 Å². The highest BCUT2D eigenvalue weighted by molar-refractivity contribution is 5.87. The molecule has 1 N–H and O–H groups in total. The smallest absolute Gasteiger partial charge is 0.155 e. The van der Waals surface area contributed by atoms with Crippen LogP contribution >= 0.6 is 0 Å². The average molecular weight is 230 g/mol. The maximum atomic E-state index is 12.1. The molecule has 3 heteroatoms. The third kappa shape index (κ3) is 2.80. The van der Waals surface area contributed by atoms with Crippen LogP contribution in [0.1, 0.15) is 30.0 Å². The molecule has 0 aliphatic heterocycles. The zero-order chi connectivity index (χ0) is 12.1. The van der Waals surface area contributed by atoms with Gasteiger partial charge in [0.05, 0.1) is 18.2 Å². The molecule has 0 fully saturated rings. The van der Waals surface area contributed by atoms with Crippen LogP contribution in [0.5, 0.6) is 0 Å². The molecule has 0 radical (unpaired) electrons. The largest absolute Gasteiger partial charge is 0.307 e. The van der Waals surface area contributed by atoms with E-state index in [4.69, 9.17) is 0 Å². The summed E-state index contributed by atoms with van der Waals surface area (Å²) in [6.07, 6.45) is 6.60. The molecule has 0 saturated heterocycles. The second kappa shape index (κ2) is 5.73. The van der Waals surface area contributed by atoms with E-state index >= 15 is 0 Å². The van der Waals surface area contributed by atoms with Crippen molar-refractivity contribution in [3.05, 3.63) is 42.2 Å². The lowest BCUT2D eigenvalue weighted by molar-refractivity contribution is -0.120. The Morgan fingerprint density at radius 2 is 2.53 bits per heavy atom. The molecule has 1 atom stereocenters. The van der Waals surface area contributed by atoms with E-state index in [1.54, 1.807) is 12.3 Å².